The summed E-state index contributed by atoms with van der Waals surface area (Å²) in [5.41, 5.74) is 1.41. The molecule has 0 saturated heterocycles. The molecule has 5 nitrogen and oxygen atoms in total. The molecule has 7 heteroatoms. The number of benzene rings is 1. The number of anilines is 2. The van der Waals surface area contributed by atoms with Crippen molar-refractivity contribution in [2.45, 2.75) is 6.61 Å². The van der Waals surface area contributed by atoms with Crippen LogP contribution in [0.2, 0.25) is 10.2 Å². The Morgan fingerprint density at radius 1 is 1.25 bits per heavy atom. The molecular weight excluding hydrogens is 301 g/mol. The number of nitrogens with one attached hydrogen (secondary N) is 2. The van der Waals surface area contributed by atoms with Crippen LogP contribution in [0.5, 0.6) is 0 Å². The van der Waals surface area contributed by atoms with E-state index in [1.54, 1.807) is 24.3 Å². The molecule has 2 aromatic rings. The highest BCUT2D eigenvalue weighted by Crippen LogP contribution is 2.24. The van der Waals surface area contributed by atoms with Gasteiger partial charge in [-0.1, -0.05) is 29.3 Å². The molecule has 0 aliphatic rings. The number of aliphatic hydroxyl groups excluding tert-OH is 1. The molecule has 1 aromatic carbocycles. The van der Waals surface area contributed by atoms with Crippen LogP contribution in [0.1, 0.15) is 5.56 Å². The molecule has 3 N–H and O–H groups in total. The molecular formula is C13H11Cl2N3O2. The molecule has 0 aliphatic heterocycles. The van der Waals surface area contributed by atoms with E-state index in [-0.39, 0.29) is 11.8 Å². The number of aromatic nitrogens is 1. The first kappa shape index (κ1) is 14.6. The van der Waals surface area contributed by atoms with E-state index in [9.17, 15) is 9.90 Å². The number of pyridine rings is 1. The zero-order chi connectivity index (χ0) is 14.5. The second kappa shape index (κ2) is 6.56. The summed E-state index contributed by atoms with van der Waals surface area (Å²) in [6.07, 6.45) is 1.48. The molecule has 0 atom stereocenters. The SMILES string of the molecule is O=C(Nc1ccnc(Cl)c1)Nc1cccc(Cl)c1CO. The van der Waals surface area contributed by atoms with Gasteiger partial charge in [-0.15, -0.1) is 0 Å². The summed E-state index contributed by atoms with van der Waals surface area (Å²) in [6, 6.07) is 7.63. The van der Waals surface area contributed by atoms with Crippen LogP contribution in [0.25, 0.3) is 0 Å². The van der Waals surface area contributed by atoms with Crippen LogP contribution >= 0.6 is 23.2 Å². The van der Waals surface area contributed by atoms with Crippen molar-refractivity contribution in [1.29, 1.82) is 0 Å². The second-order valence-electron chi connectivity index (χ2n) is 3.87. The predicted molar refractivity (Wildman–Crippen MR) is 79.3 cm³/mol. The van der Waals surface area contributed by atoms with Gasteiger partial charge < -0.3 is 15.7 Å². The minimum Gasteiger partial charge on any atom is -0.392 e. The lowest BCUT2D eigenvalue weighted by atomic mass is 10.2. The maximum Gasteiger partial charge on any atom is 0.323 e. The summed E-state index contributed by atoms with van der Waals surface area (Å²) in [6.45, 7) is -0.267. The number of aliphatic hydroxyl groups is 1. The summed E-state index contributed by atoms with van der Waals surface area (Å²) >= 11 is 11.7. The van der Waals surface area contributed by atoms with E-state index < -0.39 is 6.03 Å². The van der Waals surface area contributed by atoms with Gasteiger partial charge in [0.1, 0.15) is 5.15 Å². The van der Waals surface area contributed by atoms with E-state index in [1.807, 2.05) is 0 Å². The van der Waals surface area contributed by atoms with Gasteiger partial charge in [-0.05, 0) is 24.3 Å². The number of carbonyl (C=O) groups excluding carboxylic acids is 1. The zero-order valence-electron chi connectivity index (χ0n) is 10.2. The number of hydrogen-bond donors (Lipinski definition) is 3. The van der Waals surface area contributed by atoms with Gasteiger partial charge >= 0.3 is 6.03 Å². The number of carbonyl (C=O) groups is 1. The Balaban J connectivity index is 2.11. The van der Waals surface area contributed by atoms with Crippen molar-refractivity contribution in [3.8, 4) is 0 Å². The molecule has 1 heterocycles. The van der Waals surface area contributed by atoms with Crippen molar-refractivity contribution in [3.05, 3.63) is 52.3 Å². The van der Waals surface area contributed by atoms with Crippen molar-refractivity contribution < 1.29 is 9.90 Å². The number of halogens is 2. The van der Waals surface area contributed by atoms with Gasteiger partial charge in [-0.3, -0.25) is 0 Å². The summed E-state index contributed by atoms with van der Waals surface area (Å²) < 4.78 is 0. The number of rotatable bonds is 3. The number of urea groups is 1. The summed E-state index contributed by atoms with van der Waals surface area (Å²) in [7, 11) is 0. The third-order valence-corrected chi connectivity index (χ3v) is 3.07. The first-order valence-electron chi connectivity index (χ1n) is 5.68. The Morgan fingerprint density at radius 3 is 2.75 bits per heavy atom. The van der Waals surface area contributed by atoms with Gasteiger partial charge in [0.25, 0.3) is 0 Å². The smallest absolute Gasteiger partial charge is 0.323 e. The van der Waals surface area contributed by atoms with Crippen LogP contribution < -0.4 is 10.6 Å². The van der Waals surface area contributed by atoms with Crippen LogP contribution in [0.3, 0.4) is 0 Å². The molecule has 2 amide bonds. The summed E-state index contributed by atoms with van der Waals surface area (Å²) in [5.74, 6) is 0. The van der Waals surface area contributed by atoms with Gasteiger partial charge in [0, 0.05) is 28.2 Å². The Kier molecular flexibility index (Phi) is 4.79. The quantitative estimate of drug-likeness (QED) is 0.759. The molecule has 0 spiro atoms. The van der Waals surface area contributed by atoms with Gasteiger partial charge in [-0.25, -0.2) is 9.78 Å². The second-order valence-corrected chi connectivity index (χ2v) is 4.66. The number of nitrogens with zero attached hydrogens (tertiary/aromatic N) is 1. The van der Waals surface area contributed by atoms with Gasteiger partial charge in [0.2, 0.25) is 0 Å². The number of hydrogen-bond acceptors (Lipinski definition) is 3. The van der Waals surface area contributed by atoms with Gasteiger partial charge in [0.15, 0.2) is 0 Å². The highest BCUT2D eigenvalue weighted by Gasteiger charge is 2.09. The third kappa shape index (κ3) is 3.60. The van der Waals surface area contributed by atoms with Crippen molar-refractivity contribution >= 4 is 40.6 Å². The fourth-order valence-corrected chi connectivity index (χ4v) is 2.01. The summed E-state index contributed by atoms with van der Waals surface area (Å²) in [5, 5.41) is 15.1. The lowest BCUT2D eigenvalue weighted by Gasteiger charge is -2.11. The Bertz CT molecular complexity index is 635. The average molecular weight is 312 g/mol. The highest BCUT2D eigenvalue weighted by molar-refractivity contribution is 6.32. The molecule has 0 saturated carbocycles. The van der Waals surface area contributed by atoms with Gasteiger partial charge in [-0.2, -0.15) is 0 Å². The molecule has 104 valence electrons. The monoisotopic (exact) mass is 311 g/mol. The molecule has 0 bridgehead atoms. The standard InChI is InChI=1S/C13H11Cl2N3O2/c14-10-2-1-3-11(9(10)7-19)18-13(20)17-8-4-5-16-12(15)6-8/h1-6,19H,7H2,(H2,16,17,18,20). The van der Waals surface area contributed by atoms with Crippen molar-refractivity contribution in [2.75, 3.05) is 10.6 Å². The molecule has 1 aromatic heterocycles. The van der Waals surface area contributed by atoms with Crippen LogP contribution in [0, 0.1) is 0 Å². The van der Waals surface area contributed by atoms with Crippen LogP contribution in [0.4, 0.5) is 16.2 Å². The maximum absolute atomic E-state index is 11.9. The fourth-order valence-electron chi connectivity index (χ4n) is 1.60. The van der Waals surface area contributed by atoms with Crippen LogP contribution in [0.15, 0.2) is 36.5 Å². The number of amides is 2. The topological polar surface area (TPSA) is 74.2 Å². The van der Waals surface area contributed by atoms with Gasteiger partial charge in [0.05, 0.1) is 6.61 Å². The largest absolute Gasteiger partial charge is 0.392 e. The molecule has 2 rings (SSSR count). The van der Waals surface area contributed by atoms with Crippen molar-refractivity contribution in [1.82, 2.24) is 4.98 Å². The fraction of sp³-hybridized carbons (Fsp3) is 0.0769. The van der Waals surface area contributed by atoms with E-state index in [4.69, 9.17) is 23.2 Å². The lowest BCUT2D eigenvalue weighted by Crippen LogP contribution is -2.20. The Labute approximate surface area is 125 Å². The van der Waals surface area contributed by atoms with Crippen LogP contribution in [-0.2, 0) is 6.61 Å². The van der Waals surface area contributed by atoms with Crippen molar-refractivity contribution in [2.24, 2.45) is 0 Å². The maximum atomic E-state index is 11.9. The molecule has 0 radical (unpaired) electrons. The zero-order valence-corrected chi connectivity index (χ0v) is 11.7. The summed E-state index contributed by atoms with van der Waals surface area (Å²) in [4.78, 5) is 15.7. The Morgan fingerprint density at radius 2 is 2.05 bits per heavy atom. The average Bonchev–Trinajstić information content (AvgIpc) is 2.38. The Hall–Kier alpha value is -1.82. The minimum absolute atomic E-state index is 0.267. The molecule has 0 fully saturated rings. The lowest BCUT2D eigenvalue weighted by molar-refractivity contribution is 0.262. The highest BCUT2D eigenvalue weighted by atomic mass is 35.5. The first-order valence-corrected chi connectivity index (χ1v) is 6.43. The minimum atomic E-state index is -0.468. The first-order chi connectivity index (χ1) is 9.60. The molecule has 0 aliphatic carbocycles. The third-order valence-electron chi connectivity index (χ3n) is 2.51. The van der Waals surface area contributed by atoms with E-state index in [0.29, 0.717) is 22.0 Å². The molecule has 0 unspecified atom stereocenters. The van der Waals surface area contributed by atoms with Crippen LogP contribution in [-0.4, -0.2) is 16.1 Å². The predicted octanol–water partition coefficient (Wildman–Crippen LogP) is 3.52. The van der Waals surface area contributed by atoms with E-state index >= 15 is 0 Å². The molecule has 20 heavy (non-hydrogen) atoms. The van der Waals surface area contributed by atoms with E-state index in [2.05, 4.69) is 15.6 Å². The normalized spacial score (nSPS) is 10.2. The van der Waals surface area contributed by atoms with E-state index in [1.165, 1.54) is 12.3 Å². The van der Waals surface area contributed by atoms with E-state index in [0.717, 1.165) is 0 Å². The van der Waals surface area contributed by atoms with Crippen molar-refractivity contribution in [3.63, 3.8) is 0 Å².